The fraction of sp³-hybridized carbons (Fsp3) is 0.300. The van der Waals surface area contributed by atoms with Crippen molar-refractivity contribution in [3.8, 4) is 11.3 Å². The van der Waals surface area contributed by atoms with Crippen molar-refractivity contribution in [2.45, 2.75) is 25.7 Å². The predicted molar refractivity (Wildman–Crippen MR) is 104 cm³/mol. The van der Waals surface area contributed by atoms with E-state index in [1.54, 1.807) is 0 Å². The van der Waals surface area contributed by atoms with Crippen molar-refractivity contribution in [2.24, 2.45) is 10.7 Å². The molecule has 1 aromatic carbocycles. The first kappa shape index (κ1) is 15.3. The van der Waals surface area contributed by atoms with Crippen LogP contribution in [0.25, 0.3) is 22.4 Å². The normalized spacial score (nSPS) is 16.6. The number of rotatable bonds is 2. The molecular formula is C20H20N6. The van der Waals surface area contributed by atoms with Crippen LogP contribution in [0.2, 0.25) is 0 Å². The lowest BCUT2D eigenvalue weighted by molar-refractivity contribution is 0.573. The second-order valence-electron chi connectivity index (χ2n) is 6.94. The summed E-state index contributed by atoms with van der Waals surface area (Å²) in [5, 5.41) is 0. The molecule has 2 aliphatic heterocycles. The Hall–Kier alpha value is -3.02. The fourth-order valence-electron chi connectivity index (χ4n) is 3.70. The molecule has 5 rings (SSSR count). The third-order valence-electron chi connectivity index (χ3n) is 5.09. The maximum atomic E-state index is 5.84. The smallest absolute Gasteiger partial charge is 0.178 e. The van der Waals surface area contributed by atoms with Crippen LogP contribution in [0.3, 0.4) is 0 Å². The van der Waals surface area contributed by atoms with Gasteiger partial charge in [-0.2, -0.15) is 0 Å². The Morgan fingerprint density at radius 2 is 1.85 bits per heavy atom. The minimum atomic E-state index is 0.666. The lowest BCUT2D eigenvalue weighted by Crippen LogP contribution is -2.30. The third-order valence-corrected chi connectivity index (χ3v) is 5.09. The van der Waals surface area contributed by atoms with Crippen molar-refractivity contribution in [3.63, 3.8) is 0 Å². The van der Waals surface area contributed by atoms with E-state index in [1.165, 1.54) is 19.3 Å². The van der Waals surface area contributed by atoms with Gasteiger partial charge < -0.3 is 10.6 Å². The van der Waals surface area contributed by atoms with Crippen molar-refractivity contribution >= 4 is 28.5 Å². The summed E-state index contributed by atoms with van der Waals surface area (Å²) >= 11 is 0. The number of amidine groups is 1. The number of aromatic nitrogens is 3. The molecule has 0 spiro atoms. The van der Waals surface area contributed by atoms with Gasteiger partial charge in [-0.3, -0.25) is 0 Å². The number of hydrogen-bond acceptors (Lipinski definition) is 6. The summed E-state index contributed by atoms with van der Waals surface area (Å²) in [7, 11) is 0. The van der Waals surface area contributed by atoms with Gasteiger partial charge in [0.15, 0.2) is 5.65 Å². The minimum Gasteiger partial charge on any atom is -0.387 e. The monoisotopic (exact) mass is 344 g/mol. The Labute approximate surface area is 151 Å². The zero-order valence-corrected chi connectivity index (χ0v) is 14.5. The summed E-state index contributed by atoms with van der Waals surface area (Å²) in [5.41, 5.74) is 11.3. The first-order chi connectivity index (χ1) is 12.8. The summed E-state index contributed by atoms with van der Waals surface area (Å²) in [5.74, 6) is 1.62. The van der Waals surface area contributed by atoms with Gasteiger partial charge in [0.1, 0.15) is 17.2 Å². The van der Waals surface area contributed by atoms with E-state index in [9.17, 15) is 0 Å². The number of pyridine rings is 1. The van der Waals surface area contributed by atoms with Crippen LogP contribution >= 0.6 is 0 Å². The molecule has 0 unspecified atom stereocenters. The second-order valence-corrected chi connectivity index (χ2v) is 6.94. The number of nitrogens with two attached hydrogens (primary N) is 1. The molecule has 6 nitrogen and oxygen atoms in total. The highest BCUT2D eigenvalue weighted by atomic mass is 15.2. The van der Waals surface area contributed by atoms with E-state index in [4.69, 9.17) is 15.7 Å². The quantitative estimate of drug-likeness (QED) is 0.772. The lowest BCUT2D eigenvalue weighted by Gasteiger charge is -2.27. The third kappa shape index (κ3) is 2.67. The number of anilines is 1. The Morgan fingerprint density at radius 1 is 0.962 bits per heavy atom. The lowest BCUT2D eigenvalue weighted by atomic mass is 10.1. The van der Waals surface area contributed by atoms with Gasteiger partial charge in [0, 0.05) is 25.1 Å². The SMILES string of the molecule is NC1=Nc2cc(-c3ccc4nc(N5CCCCC5)cnc4n3)ccc2C1. The molecule has 0 atom stereocenters. The molecule has 0 radical (unpaired) electrons. The van der Waals surface area contributed by atoms with E-state index in [2.05, 4.69) is 27.0 Å². The van der Waals surface area contributed by atoms with Crippen LogP contribution in [0.15, 0.2) is 41.5 Å². The van der Waals surface area contributed by atoms with E-state index < -0.39 is 0 Å². The number of benzene rings is 1. The maximum Gasteiger partial charge on any atom is 0.178 e. The zero-order chi connectivity index (χ0) is 17.5. The number of aliphatic imine (C=N–C) groups is 1. The van der Waals surface area contributed by atoms with Gasteiger partial charge in [-0.15, -0.1) is 0 Å². The van der Waals surface area contributed by atoms with Crippen molar-refractivity contribution in [3.05, 3.63) is 42.1 Å². The van der Waals surface area contributed by atoms with E-state index in [-0.39, 0.29) is 0 Å². The summed E-state index contributed by atoms with van der Waals surface area (Å²) in [4.78, 5) is 20.7. The van der Waals surface area contributed by atoms with Crippen LogP contribution in [0.5, 0.6) is 0 Å². The molecule has 2 N–H and O–H groups in total. The van der Waals surface area contributed by atoms with Crippen LogP contribution in [0.1, 0.15) is 24.8 Å². The van der Waals surface area contributed by atoms with Crippen LogP contribution in [-0.2, 0) is 6.42 Å². The van der Waals surface area contributed by atoms with Gasteiger partial charge in [0.05, 0.1) is 17.6 Å². The minimum absolute atomic E-state index is 0.666. The van der Waals surface area contributed by atoms with Crippen molar-refractivity contribution in [2.75, 3.05) is 18.0 Å². The average Bonchev–Trinajstić information content (AvgIpc) is 3.07. The molecule has 0 saturated carbocycles. The van der Waals surface area contributed by atoms with E-state index in [0.29, 0.717) is 11.5 Å². The number of hydrogen-bond donors (Lipinski definition) is 1. The maximum absolute atomic E-state index is 5.84. The number of fused-ring (bicyclic) bond motifs is 2. The molecule has 0 bridgehead atoms. The molecule has 1 fully saturated rings. The van der Waals surface area contributed by atoms with E-state index in [0.717, 1.165) is 53.4 Å². The largest absolute Gasteiger partial charge is 0.387 e. The standard InChI is InChI=1S/C20H20N6/c21-18-11-14-5-4-13(10-17(14)23-18)15-6-7-16-20(25-15)22-12-19(24-16)26-8-2-1-3-9-26/h4-7,10,12H,1-3,8-9,11H2,(H2,21,23). The first-order valence-electron chi connectivity index (χ1n) is 9.11. The van der Waals surface area contributed by atoms with Gasteiger partial charge in [0.25, 0.3) is 0 Å². The van der Waals surface area contributed by atoms with Gasteiger partial charge >= 0.3 is 0 Å². The van der Waals surface area contributed by atoms with Gasteiger partial charge in [-0.25, -0.2) is 19.9 Å². The number of nitrogens with zero attached hydrogens (tertiary/aromatic N) is 5. The van der Waals surface area contributed by atoms with Gasteiger partial charge in [-0.05, 0) is 43.0 Å². The van der Waals surface area contributed by atoms with Crippen molar-refractivity contribution < 1.29 is 0 Å². The van der Waals surface area contributed by atoms with Crippen molar-refractivity contribution in [1.82, 2.24) is 15.0 Å². The molecule has 1 saturated heterocycles. The molecule has 2 aromatic heterocycles. The first-order valence-corrected chi connectivity index (χ1v) is 9.11. The van der Waals surface area contributed by atoms with E-state index in [1.807, 2.05) is 24.4 Å². The van der Waals surface area contributed by atoms with Crippen LogP contribution in [0.4, 0.5) is 11.5 Å². The summed E-state index contributed by atoms with van der Waals surface area (Å²) < 4.78 is 0. The van der Waals surface area contributed by atoms with Gasteiger partial charge in [-0.1, -0.05) is 12.1 Å². The highest BCUT2D eigenvalue weighted by Crippen LogP contribution is 2.31. The molecular weight excluding hydrogens is 324 g/mol. The Balaban J connectivity index is 1.49. The molecule has 0 amide bonds. The Kier molecular flexibility index (Phi) is 3.55. The molecule has 3 aromatic rings. The van der Waals surface area contributed by atoms with Crippen LogP contribution < -0.4 is 10.6 Å². The average molecular weight is 344 g/mol. The number of piperidine rings is 1. The Morgan fingerprint density at radius 3 is 2.73 bits per heavy atom. The zero-order valence-electron chi connectivity index (χ0n) is 14.5. The summed E-state index contributed by atoms with van der Waals surface area (Å²) in [6.45, 7) is 2.12. The highest BCUT2D eigenvalue weighted by Gasteiger charge is 2.15. The molecule has 6 heteroatoms. The highest BCUT2D eigenvalue weighted by molar-refractivity contribution is 5.91. The van der Waals surface area contributed by atoms with Crippen LogP contribution in [0, 0.1) is 0 Å². The molecule has 0 aliphatic carbocycles. The molecule has 130 valence electrons. The Bertz CT molecular complexity index is 1020. The molecule has 26 heavy (non-hydrogen) atoms. The molecule has 2 aliphatic rings. The molecule has 4 heterocycles. The summed E-state index contributed by atoms with van der Waals surface area (Å²) in [6, 6.07) is 10.2. The fourth-order valence-corrected chi connectivity index (χ4v) is 3.70. The predicted octanol–water partition coefficient (Wildman–Crippen LogP) is 3.23. The topological polar surface area (TPSA) is 80.3 Å². The van der Waals surface area contributed by atoms with Gasteiger partial charge in [0.2, 0.25) is 0 Å². The van der Waals surface area contributed by atoms with E-state index >= 15 is 0 Å². The summed E-state index contributed by atoms with van der Waals surface area (Å²) in [6.07, 6.45) is 6.33. The van der Waals surface area contributed by atoms with Crippen LogP contribution in [-0.4, -0.2) is 33.9 Å². The second kappa shape index (κ2) is 6.05. The van der Waals surface area contributed by atoms with Crippen molar-refractivity contribution in [1.29, 1.82) is 0 Å².